The summed E-state index contributed by atoms with van der Waals surface area (Å²) in [4.78, 5) is 12.3. The fourth-order valence-electron chi connectivity index (χ4n) is 2.64. The van der Waals surface area contributed by atoms with E-state index in [1.165, 1.54) is 6.07 Å². The fourth-order valence-corrected chi connectivity index (χ4v) is 2.64. The summed E-state index contributed by atoms with van der Waals surface area (Å²) in [6.45, 7) is 0. The second kappa shape index (κ2) is 5.95. The van der Waals surface area contributed by atoms with E-state index in [0.717, 1.165) is 5.56 Å². The van der Waals surface area contributed by atoms with Crippen LogP contribution in [0, 0.1) is 11.7 Å². The first-order chi connectivity index (χ1) is 9.65. The molecular weight excluding hydrogens is 267 g/mol. The van der Waals surface area contributed by atoms with E-state index in [2.05, 4.69) is 5.32 Å². The third-order valence-corrected chi connectivity index (χ3v) is 3.72. The van der Waals surface area contributed by atoms with Crippen molar-refractivity contribution in [2.75, 3.05) is 11.1 Å². The number of anilines is 2. The normalized spacial score (nSPS) is 16.0. The first kappa shape index (κ1) is 15.0. The van der Waals surface area contributed by atoms with Crippen LogP contribution in [-0.2, 0) is 17.6 Å². The van der Waals surface area contributed by atoms with Crippen molar-refractivity contribution < 1.29 is 9.18 Å². The number of carbonyl (C=O) groups excluding carboxylic acids is 1. The van der Waals surface area contributed by atoms with Gasteiger partial charge in [0, 0.05) is 5.92 Å². The summed E-state index contributed by atoms with van der Waals surface area (Å²) in [5, 5.41) is 2.82. The highest BCUT2D eigenvalue weighted by Crippen LogP contribution is 2.30. The molecule has 1 amide bonds. The van der Waals surface area contributed by atoms with Crippen LogP contribution < -0.4 is 11.1 Å². The molecule has 1 aliphatic rings. The molecule has 0 aliphatic heterocycles. The number of halogens is 1. The van der Waals surface area contributed by atoms with Gasteiger partial charge in [-0.15, -0.1) is 0 Å². The number of hydrogen-bond donors (Lipinski definition) is 2. The average Bonchev–Trinajstić information content (AvgIpc) is 2.87. The van der Waals surface area contributed by atoms with Gasteiger partial charge in [-0.05, 0) is 42.2 Å². The molecule has 1 atom stereocenters. The van der Waals surface area contributed by atoms with Gasteiger partial charge in [-0.3, -0.25) is 4.79 Å². The highest BCUT2D eigenvalue weighted by Gasteiger charge is 2.29. The van der Waals surface area contributed by atoms with E-state index in [0.29, 0.717) is 29.8 Å². The molecule has 0 saturated carbocycles. The van der Waals surface area contributed by atoms with E-state index in [-0.39, 0.29) is 25.1 Å². The number of carbonyl (C=O) groups is 1. The monoisotopic (exact) mass is 286 g/mol. The molecule has 0 saturated heterocycles. The van der Waals surface area contributed by atoms with Gasteiger partial charge in [0.2, 0.25) is 5.91 Å². The summed E-state index contributed by atoms with van der Waals surface area (Å²) in [5.41, 5.74) is 8.52. The highest BCUT2D eigenvalue weighted by atomic mass is 19.1. The molecule has 3 nitrogen and oxygen atoms in total. The van der Waals surface area contributed by atoms with Crippen LogP contribution >= 0.6 is 0 Å². The van der Waals surface area contributed by atoms with E-state index < -0.39 is 0 Å². The number of fused-ring (bicyclic) bond motifs is 1. The lowest BCUT2D eigenvalue weighted by Crippen LogP contribution is -2.23. The van der Waals surface area contributed by atoms with Gasteiger partial charge in [-0.1, -0.05) is 31.7 Å². The van der Waals surface area contributed by atoms with Gasteiger partial charge in [-0.25, -0.2) is 4.39 Å². The van der Waals surface area contributed by atoms with Gasteiger partial charge in [0.25, 0.3) is 0 Å². The minimum atomic E-state index is -0.235. The van der Waals surface area contributed by atoms with E-state index in [1.807, 2.05) is 18.2 Å². The Morgan fingerprint density at radius 2 is 1.90 bits per heavy atom. The minimum absolute atomic E-state index is 0. The lowest BCUT2D eigenvalue weighted by atomic mass is 10.1. The Hall–Kier alpha value is -2.36. The third kappa shape index (κ3) is 2.89. The summed E-state index contributed by atoms with van der Waals surface area (Å²) < 4.78 is 13.7. The standard InChI is InChI=1S/C16H15FN2O.CH4/c17-13-5-3-4-10-8-11(9-12(10)13)16(20)19-15-7-2-1-6-14(15)18;/h1-7,11H,8-9,18H2,(H,19,20);1H4. The predicted octanol–water partition coefficient (Wildman–Crippen LogP) is 3.40. The van der Waals surface area contributed by atoms with Gasteiger partial charge < -0.3 is 11.1 Å². The van der Waals surface area contributed by atoms with Crippen LogP contribution in [0.5, 0.6) is 0 Å². The number of benzene rings is 2. The molecule has 0 heterocycles. The van der Waals surface area contributed by atoms with Gasteiger partial charge in [-0.2, -0.15) is 0 Å². The summed E-state index contributed by atoms with van der Waals surface area (Å²) in [6, 6.07) is 12.1. The molecule has 21 heavy (non-hydrogen) atoms. The van der Waals surface area contributed by atoms with Crippen LogP contribution in [0.2, 0.25) is 0 Å². The predicted molar refractivity (Wildman–Crippen MR) is 83.5 cm³/mol. The van der Waals surface area contributed by atoms with Gasteiger partial charge in [0.15, 0.2) is 0 Å². The number of amides is 1. The largest absolute Gasteiger partial charge is 0.397 e. The van der Waals surface area contributed by atoms with E-state index in [1.54, 1.807) is 18.2 Å². The molecule has 3 N–H and O–H groups in total. The van der Waals surface area contributed by atoms with Crippen molar-refractivity contribution in [1.82, 2.24) is 0 Å². The Morgan fingerprint density at radius 1 is 1.14 bits per heavy atom. The molecule has 1 unspecified atom stereocenters. The maximum Gasteiger partial charge on any atom is 0.228 e. The van der Waals surface area contributed by atoms with E-state index >= 15 is 0 Å². The molecule has 110 valence electrons. The number of hydrogen-bond acceptors (Lipinski definition) is 2. The first-order valence-corrected chi connectivity index (χ1v) is 6.57. The maximum atomic E-state index is 13.7. The zero-order valence-corrected chi connectivity index (χ0v) is 10.9. The van der Waals surface area contributed by atoms with Gasteiger partial charge >= 0.3 is 0 Å². The quantitative estimate of drug-likeness (QED) is 0.831. The van der Waals surface area contributed by atoms with Crippen LogP contribution in [0.15, 0.2) is 42.5 Å². The van der Waals surface area contributed by atoms with Crippen LogP contribution in [0.1, 0.15) is 18.6 Å². The Bertz CT molecular complexity index is 670. The van der Waals surface area contributed by atoms with E-state index in [9.17, 15) is 9.18 Å². The highest BCUT2D eigenvalue weighted by molar-refractivity contribution is 5.96. The lowest BCUT2D eigenvalue weighted by molar-refractivity contribution is -0.119. The van der Waals surface area contributed by atoms with Gasteiger partial charge in [0.05, 0.1) is 11.4 Å². The molecule has 2 aromatic carbocycles. The number of nitrogens with two attached hydrogens (primary N) is 1. The second-order valence-corrected chi connectivity index (χ2v) is 5.06. The molecular formula is C17H19FN2O. The molecule has 0 spiro atoms. The molecule has 0 aromatic heterocycles. The molecule has 0 radical (unpaired) electrons. The lowest BCUT2D eigenvalue weighted by Gasteiger charge is -2.12. The average molecular weight is 286 g/mol. The smallest absolute Gasteiger partial charge is 0.228 e. The molecule has 0 bridgehead atoms. The molecule has 1 aliphatic carbocycles. The fraction of sp³-hybridized carbons (Fsp3) is 0.235. The van der Waals surface area contributed by atoms with Crippen molar-refractivity contribution in [3.63, 3.8) is 0 Å². The number of nitrogen functional groups attached to an aromatic ring is 1. The molecule has 3 rings (SSSR count). The van der Waals surface area contributed by atoms with Crippen LogP contribution in [0.25, 0.3) is 0 Å². The van der Waals surface area contributed by atoms with Crippen molar-refractivity contribution in [3.8, 4) is 0 Å². The number of para-hydroxylation sites is 2. The zero-order valence-electron chi connectivity index (χ0n) is 10.9. The maximum absolute atomic E-state index is 13.7. The number of nitrogens with one attached hydrogen (secondary N) is 1. The summed E-state index contributed by atoms with van der Waals surface area (Å²) in [6.07, 6.45) is 1.02. The SMILES string of the molecule is C.Nc1ccccc1NC(=O)C1Cc2cccc(F)c2C1. The van der Waals surface area contributed by atoms with Crippen LogP contribution in [0.3, 0.4) is 0 Å². The second-order valence-electron chi connectivity index (χ2n) is 5.06. The minimum Gasteiger partial charge on any atom is -0.397 e. The molecule has 2 aromatic rings. The summed E-state index contributed by atoms with van der Waals surface area (Å²) in [5.74, 6) is -0.572. The Kier molecular flexibility index (Phi) is 4.26. The van der Waals surface area contributed by atoms with Crippen molar-refractivity contribution in [1.29, 1.82) is 0 Å². The first-order valence-electron chi connectivity index (χ1n) is 6.57. The van der Waals surface area contributed by atoms with Crippen LogP contribution in [0.4, 0.5) is 15.8 Å². The van der Waals surface area contributed by atoms with Crippen molar-refractivity contribution in [2.24, 2.45) is 5.92 Å². The summed E-state index contributed by atoms with van der Waals surface area (Å²) in [7, 11) is 0. The van der Waals surface area contributed by atoms with Crippen molar-refractivity contribution in [2.45, 2.75) is 20.3 Å². The topological polar surface area (TPSA) is 55.1 Å². The van der Waals surface area contributed by atoms with Gasteiger partial charge in [0.1, 0.15) is 5.82 Å². The zero-order chi connectivity index (χ0) is 14.1. The van der Waals surface area contributed by atoms with Crippen molar-refractivity contribution in [3.05, 3.63) is 59.4 Å². The Morgan fingerprint density at radius 3 is 2.62 bits per heavy atom. The number of rotatable bonds is 2. The van der Waals surface area contributed by atoms with Crippen molar-refractivity contribution >= 4 is 17.3 Å². The summed E-state index contributed by atoms with van der Waals surface area (Å²) >= 11 is 0. The Balaban J connectivity index is 0.00000161. The third-order valence-electron chi connectivity index (χ3n) is 3.72. The Labute approximate surface area is 124 Å². The van der Waals surface area contributed by atoms with Crippen LogP contribution in [-0.4, -0.2) is 5.91 Å². The van der Waals surface area contributed by atoms with E-state index in [4.69, 9.17) is 5.73 Å². The molecule has 0 fully saturated rings. The molecule has 4 heteroatoms.